The quantitative estimate of drug-likeness (QED) is 0.215. The number of ether oxygens (including phenoxy) is 2. The molecule has 3 fully saturated rings. The van der Waals surface area contributed by atoms with Crippen molar-refractivity contribution in [3.8, 4) is 0 Å². The molecular weight excluding hydrogens is 608 g/mol. The van der Waals surface area contributed by atoms with Crippen molar-refractivity contribution < 1.29 is 28.7 Å². The molecule has 4 aliphatic rings. The smallest absolute Gasteiger partial charge is 0.245 e. The Labute approximate surface area is 282 Å². The van der Waals surface area contributed by atoms with Crippen molar-refractivity contribution in [2.45, 2.75) is 83.1 Å². The third kappa shape index (κ3) is 6.19. The van der Waals surface area contributed by atoms with E-state index >= 15 is 4.79 Å². The average molecular weight is 655 g/mol. The Morgan fingerprint density at radius 1 is 0.854 bits per heavy atom. The summed E-state index contributed by atoms with van der Waals surface area (Å²) in [6, 6.07) is 17.0. The van der Waals surface area contributed by atoms with Crippen molar-refractivity contribution in [2.24, 2.45) is 23.2 Å². The molecule has 2 aromatic rings. The molecule has 1 saturated carbocycles. The van der Waals surface area contributed by atoms with Gasteiger partial charge >= 0.3 is 0 Å². The Morgan fingerprint density at radius 3 is 2.23 bits per heavy atom. The minimum atomic E-state index is -1.56. The maximum absolute atomic E-state index is 15.1. The fourth-order valence-electron chi connectivity index (χ4n) is 8.02. The van der Waals surface area contributed by atoms with Crippen molar-refractivity contribution >= 4 is 23.6 Å². The van der Waals surface area contributed by atoms with Crippen LogP contribution < -0.4 is 21.3 Å². The molecule has 2 aromatic carbocycles. The number of fused-ring (bicyclic) bond motifs is 2. The van der Waals surface area contributed by atoms with Gasteiger partial charge in [-0.25, -0.2) is 0 Å². The summed E-state index contributed by atoms with van der Waals surface area (Å²) in [5, 5.41) is 11.8. The highest BCUT2D eigenvalue weighted by Gasteiger charge is 2.78. The largest absolute Gasteiger partial charge is 0.371 e. The normalized spacial score (nSPS) is 37.0. The lowest BCUT2D eigenvalue weighted by Crippen LogP contribution is -2.65. The van der Waals surface area contributed by atoms with Gasteiger partial charge in [-0.2, -0.15) is 0 Å². The first-order valence-corrected chi connectivity index (χ1v) is 17.0. The van der Waals surface area contributed by atoms with Gasteiger partial charge < -0.3 is 30.7 Å². The Bertz CT molecular complexity index is 1580. The SMILES string of the molecule is C[C@H]1NC(=O)C([C@@H](C)OCc2ccccc2)NC(=O)[C@@]23C(=O)N[C@@H](Cc4ccccc4)C2[C@H](C)[C@@]2(C)O[C@H]2C3/C=C/C/C=C\CNC1=O. The lowest BCUT2D eigenvalue weighted by molar-refractivity contribution is -0.153. The minimum absolute atomic E-state index is 0.154. The molecule has 0 aromatic heterocycles. The predicted molar refractivity (Wildman–Crippen MR) is 180 cm³/mol. The van der Waals surface area contributed by atoms with E-state index in [2.05, 4.69) is 35.1 Å². The molecule has 0 bridgehead atoms. The van der Waals surface area contributed by atoms with Gasteiger partial charge in [-0.3, -0.25) is 19.2 Å². The summed E-state index contributed by atoms with van der Waals surface area (Å²) in [5.74, 6) is -3.02. The number of hydrogen-bond donors (Lipinski definition) is 4. The van der Waals surface area contributed by atoms with Gasteiger partial charge in [0.25, 0.3) is 0 Å². The number of epoxide rings is 1. The fraction of sp³-hybridized carbons (Fsp3) is 0.474. The second kappa shape index (κ2) is 13.7. The number of benzene rings is 2. The Morgan fingerprint density at radius 2 is 1.52 bits per heavy atom. The van der Waals surface area contributed by atoms with E-state index in [9.17, 15) is 14.4 Å². The summed E-state index contributed by atoms with van der Waals surface area (Å²) in [7, 11) is 0. The molecule has 1 aliphatic carbocycles. The molecule has 0 radical (unpaired) electrons. The fourth-order valence-corrected chi connectivity index (χ4v) is 8.02. The summed E-state index contributed by atoms with van der Waals surface area (Å²) < 4.78 is 12.6. The summed E-state index contributed by atoms with van der Waals surface area (Å²) in [6.45, 7) is 7.94. The molecule has 1 spiro atoms. The van der Waals surface area contributed by atoms with Gasteiger partial charge in [0, 0.05) is 24.4 Å². The first-order valence-electron chi connectivity index (χ1n) is 17.0. The third-order valence-corrected chi connectivity index (χ3v) is 10.8. The molecule has 10 atom stereocenters. The van der Waals surface area contributed by atoms with Crippen LogP contribution >= 0.6 is 0 Å². The van der Waals surface area contributed by atoms with Gasteiger partial charge in [0.1, 0.15) is 17.5 Å². The van der Waals surface area contributed by atoms with Crippen LogP contribution in [-0.2, 0) is 41.7 Å². The van der Waals surface area contributed by atoms with E-state index < -0.39 is 52.9 Å². The first kappa shape index (κ1) is 33.6. The standard InChI is InChI=1S/C38H46N4O6/c1-23-30-29(21-26-15-9-7-10-16-26)41-35(45)38(30)28(32-37(23,4)48-32)19-13-5-6-14-20-39-33(43)24(2)40-34(44)31(42-36(38)46)25(3)47-22-27-17-11-8-12-18-27/h6-19,23-25,28-32H,5,20-22H2,1-4H3,(H,39,43)(H,40,44)(H,41,45)(H,42,46)/b14-6-,19-13+/t23-,24+,25+,28?,29-,30?,31?,32-,37+,38+/m0/s1. The molecule has 4 amide bonds. The first-order chi connectivity index (χ1) is 23.1. The van der Waals surface area contributed by atoms with Crippen molar-refractivity contribution in [3.63, 3.8) is 0 Å². The van der Waals surface area contributed by atoms with Gasteiger partial charge in [-0.1, -0.05) is 91.9 Å². The van der Waals surface area contributed by atoms with E-state index in [-0.39, 0.29) is 36.5 Å². The number of rotatable bonds is 6. The van der Waals surface area contributed by atoms with E-state index in [0.29, 0.717) is 19.4 Å². The second-order valence-electron chi connectivity index (χ2n) is 13.8. The summed E-state index contributed by atoms with van der Waals surface area (Å²) in [4.78, 5) is 56.4. The van der Waals surface area contributed by atoms with Crippen molar-refractivity contribution in [1.29, 1.82) is 0 Å². The molecule has 10 nitrogen and oxygen atoms in total. The average Bonchev–Trinajstić information content (AvgIpc) is 3.70. The highest BCUT2D eigenvalue weighted by Crippen LogP contribution is 2.65. The van der Waals surface area contributed by atoms with Gasteiger partial charge in [-0.05, 0) is 50.7 Å². The molecule has 6 rings (SSSR count). The topological polar surface area (TPSA) is 138 Å². The molecule has 48 heavy (non-hydrogen) atoms. The highest BCUT2D eigenvalue weighted by molar-refractivity contribution is 6.09. The summed E-state index contributed by atoms with van der Waals surface area (Å²) in [5.41, 5.74) is -0.116. The van der Waals surface area contributed by atoms with Crippen molar-refractivity contribution in [3.05, 3.63) is 96.1 Å². The number of hydrogen-bond acceptors (Lipinski definition) is 6. The molecule has 2 saturated heterocycles. The molecule has 3 aliphatic heterocycles. The van der Waals surface area contributed by atoms with Crippen LogP contribution in [0.4, 0.5) is 0 Å². The van der Waals surface area contributed by atoms with Gasteiger partial charge in [0.15, 0.2) is 0 Å². The van der Waals surface area contributed by atoms with Gasteiger partial charge in [-0.15, -0.1) is 0 Å². The van der Waals surface area contributed by atoms with Crippen LogP contribution in [0, 0.1) is 23.2 Å². The van der Waals surface area contributed by atoms with Crippen LogP contribution in [0.3, 0.4) is 0 Å². The molecule has 10 heteroatoms. The molecule has 254 valence electrons. The van der Waals surface area contributed by atoms with Crippen LogP contribution in [0.25, 0.3) is 0 Å². The molecule has 3 unspecified atom stereocenters. The van der Waals surface area contributed by atoms with Gasteiger partial charge in [0.05, 0.1) is 24.4 Å². The van der Waals surface area contributed by atoms with Crippen LogP contribution in [0.2, 0.25) is 0 Å². The summed E-state index contributed by atoms with van der Waals surface area (Å²) in [6.07, 6.45) is 7.59. The maximum Gasteiger partial charge on any atom is 0.245 e. The van der Waals surface area contributed by atoms with E-state index in [1.807, 2.05) is 85.0 Å². The van der Waals surface area contributed by atoms with Crippen LogP contribution in [-0.4, -0.2) is 66.1 Å². The third-order valence-electron chi connectivity index (χ3n) is 10.8. The van der Waals surface area contributed by atoms with E-state index in [1.54, 1.807) is 13.8 Å². The number of allylic oxidation sites excluding steroid dienone is 2. The lowest BCUT2D eigenvalue weighted by Gasteiger charge is -2.46. The zero-order chi connectivity index (χ0) is 34.1. The zero-order valence-electron chi connectivity index (χ0n) is 28.0. The molecule has 4 N–H and O–H groups in total. The number of carbonyl (C=O) groups is 4. The monoisotopic (exact) mass is 654 g/mol. The van der Waals surface area contributed by atoms with Crippen LogP contribution in [0.15, 0.2) is 85.0 Å². The Hall–Kier alpha value is -4.28. The van der Waals surface area contributed by atoms with Gasteiger partial charge in [0.2, 0.25) is 23.6 Å². The number of nitrogens with one attached hydrogen (secondary N) is 4. The summed E-state index contributed by atoms with van der Waals surface area (Å²) >= 11 is 0. The number of carbonyl (C=O) groups excluding carboxylic acids is 4. The van der Waals surface area contributed by atoms with E-state index in [4.69, 9.17) is 9.47 Å². The van der Waals surface area contributed by atoms with E-state index in [1.165, 1.54) is 0 Å². The van der Waals surface area contributed by atoms with E-state index in [0.717, 1.165) is 11.1 Å². The predicted octanol–water partition coefficient (Wildman–Crippen LogP) is 2.98. The van der Waals surface area contributed by atoms with Crippen molar-refractivity contribution in [1.82, 2.24) is 21.3 Å². The minimum Gasteiger partial charge on any atom is -0.371 e. The van der Waals surface area contributed by atoms with Crippen LogP contribution in [0.1, 0.15) is 45.2 Å². The highest BCUT2D eigenvalue weighted by atomic mass is 16.6. The molecule has 3 heterocycles. The maximum atomic E-state index is 15.1. The van der Waals surface area contributed by atoms with Crippen molar-refractivity contribution in [2.75, 3.05) is 6.54 Å². The Balaban J connectivity index is 1.40. The van der Waals surface area contributed by atoms with Crippen LogP contribution in [0.5, 0.6) is 0 Å². The molecular formula is C38H46N4O6. The lowest BCUT2D eigenvalue weighted by atomic mass is 9.52. The zero-order valence-corrected chi connectivity index (χ0v) is 28.0. The number of amides is 4. The Kier molecular flexibility index (Phi) is 9.58. The second-order valence-corrected chi connectivity index (χ2v) is 13.8.